The first-order chi connectivity index (χ1) is 15.5. The molecule has 2 amide bonds. The first-order valence-electron chi connectivity index (χ1n) is 9.93. The summed E-state index contributed by atoms with van der Waals surface area (Å²) in [6.45, 7) is 1.78. The normalized spacial score (nSPS) is 11.2. The lowest BCUT2D eigenvalue weighted by molar-refractivity contribution is -0.115. The molecular weight excluding hydrogens is 408 g/mol. The Balaban J connectivity index is 1.55. The van der Waals surface area contributed by atoms with Crippen LogP contribution in [0.5, 0.6) is 0 Å². The maximum Gasteiger partial charge on any atom is 0.250 e. The fraction of sp³-hybridized carbons (Fsp3) is 0.0909. The zero-order valence-corrected chi connectivity index (χ0v) is 17.0. The highest BCUT2D eigenvalue weighted by Gasteiger charge is 2.17. The number of imidazole rings is 1. The summed E-state index contributed by atoms with van der Waals surface area (Å²) in [5.41, 5.74) is 9.82. The summed E-state index contributed by atoms with van der Waals surface area (Å²) in [6.07, 6.45) is 3.78. The number of para-hydroxylation sites is 1. The summed E-state index contributed by atoms with van der Waals surface area (Å²) in [5.74, 6) is 0.345. The number of carbonyl (C=O) groups excluding carboxylic acids is 2. The second-order valence-electron chi connectivity index (χ2n) is 7.18. The van der Waals surface area contributed by atoms with Crippen LogP contribution in [0.3, 0.4) is 0 Å². The molecular formula is C22H18N8O2. The topological polar surface area (TPSA) is 155 Å². The molecule has 32 heavy (non-hydrogen) atoms. The molecule has 5 rings (SSSR count). The molecule has 5 aromatic rings. The van der Waals surface area contributed by atoms with Crippen molar-refractivity contribution in [2.75, 3.05) is 5.32 Å². The molecule has 158 valence electrons. The Morgan fingerprint density at radius 1 is 1.09 bits per heavy atom. The molecule has 0 aliphatic heterocycles. The minimum absolute atomic E-state index is 0.0956. The minimum atomic E-state index is -0.546. The zero-order chi connectivity index (χ0) is 22.2. The van der Waals surface area contributed by atoms with E-state index in [2.05, 4.69) is 35.5 Å². The first kappa shape index (κ1) is 19.4. The number of rotatable bonds is 5. The maximum absolute atomic E-state index is 11.7. The largest absolute Gasteiger partial charge is 0.366 e. The third kappa shape index (κ3) is 3.33. The Morgan fingerprint density at radius 3 is 2.69 bits per heavy atom. The molecule has 0 radical (unpaired) electrons. The number of H-pyrrole nitrogens is 2. The average molecular weight is 426 g/mol. The molecule has 0 saturated carbocycles. The van der Waals surface area contributed by atoms with Gasteiger partial charge in [0.1, 0.15) is 17.0 Å². The molecule has 1 aromatic carbocycles. The van der Waals surface area contributed by atoms with Crippen LogP contribution in [0.25, 0.3) is 44.7 Å². The number of hydrogen-bond acceptors (Lipinski definition) is 6. The number of anilines is 1. The molecule has 0 aliphatic rings. The quantitative estimate of drug-likeness (QED) is 0.338. The molecule has 0 bridgehead atoms. The van der Waals surface area contributed by atoms with Gasteiger partial charge in [-0.15, -0.1) is 0 Å². The van der Waals surface area contributed by atoms with Crippen molar-refractivity contribution in [2.24, 2.45) is 5.73 Å². The number of amides is 2. The Labute approximate surface area is 181 Å². The van der Waals surface area contributed by atoms with Gasteiger partial charge in [-0.2, -0.15) is 5.10 Å². The van der Waals surface area contributed by atoms with E-state index in [-0.39, 0.29) is 5.91 Å². The summed E-state index contributed by atoms with van der Waals surface area (Å²) in [7, 11) is 0. The standard InChI is InChI=1S/C22H18N8O2/c1-2-17(31)27-16-7-6-11(9-24-16)12-8-14-19(29-30-21(14)25-10-12)22-26-15-5-3-4-13(20(23)32)18(15)28-22/h3-10H,2H2,1H3,(H2,23,32)(H,26,28)(H,24,27,31)(H,25,29,30). The molecule has 4 aromatic heterocycles. The lowest BCUT2D eigenvalue weighted by Crippen LogP contribution is -2.11. The Morgan fingerprint density at radius 2 is 1.94 bits per heavy atom. The third-order valence-electron chi connectivity index (χ3n) is 5.10. The van der Waals surface area contributed by atoms with Gasteiger partial charge in [0.25, 0.3) is 5.91 Å². The molecule has 0 unspecified atom stereocenters. The van der Waals surface area contributed by atoms with Gasteiger partial charge >= 0.3 is 0 Å². The predicted octanol–water partition coefficient (Wildman–Crippen LogP) is 3.01. The fourth-order valence-electron chi connectivity index (χ4n) is 3.45. The average Bonchev–Trinajstić information content (AvgIpc) is 3.42. The number of aromatic nitrogens is 6. The van der Waals surface area contributed by atoms with Crippen LogP contribution in [0, 0.1) is 0 Å². The molecule has 0 aliphatic carbocycles. The number of nitrogens with two attached hydrogens (primary N) is 1. The monoisotopic (exact) mass is 426 g/mol. The molecule has 0 spiro atoms. The van der Waals surface area contributed by atoms with Gasteiger partial charge in [-0.3, -0.25) is 14.7 Å². The van der Waals surface area contributed by atoms with E-state index >= 15 is 0 Å². The lowest BCUT2D eigenvalue weighted by Gasteiger charge is -2.05. The molecule has 0 fully saturated rings. The van der Waals surface area contributed by atoms with Crippen LogP contribution in [-0.4, -0.2) is 41.9 Å². The Kier molecular flexibility index (Phi) is 4.59. The van der Waals surface area contributed by atoms with E-state index in [1.807, 2.05) is 18.2 Å². The van der Waals surface area contributed by atoms with Crippen molar-refractivity contribution in [3.8, 4) is 22.6 Å². The zero-order valence-electron chi connectivity index (χ0n) is 17.0. The van der Waals surface area contributed by atoms with Crippen LogP contribution in [-0.2, 0) is 4.79 Å². The summed E-state index contributed by atoms with van der Waals surface area (Å²) >= 11 is 0. The van der Waals surface area contributed by atoms with E-state index in [1.54, 1.807) is 37.5 Å². The summed E-state index contributed by atoms with van der Waals surface area (Å²) in [4.78, 5) is 39.8. The lowest BCUT2D eigenvalue weighted by atomic mass is 10.1. The maximum atomic E-state index is 11.7. The van der Waals surface area contributed by atoms with Gasteiger partial charge in [-0.25, -0.2) is 15.0 Å². The highest BCUT2D eigenvalue weighted by atomic mass is 16.2. The van der Waals surface area contributed by atoms with Gasteiger partial charge in [-0.1, -0.05) is 13.0 Å². The fourth-order valence-corrected chi connectivity index (χ4v) is 3.45. The molecule has 10 nitrogen and oxygen atoms in total. The number of aromatic amines is 2. The van der Waals surface area contributed by atoms with E-state index in [9.17, 15) is 9.59 Å². The number of pyridine rings is 2. The van der Waals surface area contributed by atoms with Gasteiger partial charge in [0.05, 0.1) is 16.5 Å². The second kappa shape index (κ2) is 7.58. The van der Waals surface area contributed by atoms with Gasteiger partial charge in [0.15, 0.2) is 11.5 Å². The number of fused-ring (bicyclic) bond motifs is 2. The minimum Gasteiger partial charge on any atom is -0.366 e. The smallest absolute Gasteiger partial charge is 0.250 e. The molecule has 10 heteroatoms. The third-order valence-corrected chi connectivity index (χ3v) is 5.10. The van der Waals surface area contributed by atoms with Crippen LogP contribution in [0.4, 0.5) is 5.82 Å². The van der Waals surface area contributed by atoms with Crippen molar-refractivity contribution in [1.29, 1.82) is 0 Å². The van der Waals surface area contributed by atoms with Crippen LogP contribution >= 0.6 is 0 Å². The SMILES string of the molecule is CCC(=O)Nc1ccc(-c2cnc3[nH]nc(-c4nc5c(C(N)=O)cccc5[nH]4)c3c2)cn1. The van der Waals surface area contributed by atoms with E-state index in [0.29, 0.717) is 46.0 Å². The number of hydrogen-bond donors (Lipinski definition) is 4. The molecule has 0 saturated heterocycles. The molecule has 4 heterocycles. The predicted molar refractivity (Wildman–Crippen MR) is 120 cm³/mol. The molecule has 0 atom stereocenters. The summed E-state index contributed by atoms with van der Waals surface area (Å²) in [5, 5.41) is 10.8. The van der Waals surface area contributed by atoms with Crippen LogP contribution < -0.4 is 11.1 Å². The van der Waals surface area contributed by atoms with Crippen molar-refractivity contribution < 1.29 is 9.59 Å². The summed E-state index contributed by atoms with van der Waals surface area (Å²) in [6, 6.07) is 10.7. The Hall–Kier alpha value is -4.60. The van der Waals surface area contributed by atoms with Crippen molar-refractivity contribution in [3.63, 3.8) is 0 Å². The van der Waals surface area contributed by atoms with Gasteiger partial charge in [0.2, 0.25) is 5.91 Å². The van der Waals surface area contributed by atoms with Crippen LogP contribution in [0.15, 0.2) is 48.8 Å². The Bertz CT molecular complexity index is 1480. The number of carbonyl (C=O) groups is 2. The van der Waals surface area contributed by atoms with E-state index in [4.69, 9.17) is 5.73 Å². The molecule has 5 N–H and O–H groups in total. The number of benzene rings is 1. The van der Waals surface area contributed by atoms with Crippen molar-refractivity contribution in [3.05, 3.63) is 54.4 Å². The van der Waals surface area contributed by atoms with Crippen LogP contribution in [0.2, 0.25) is 0 Å². The van der Waals surface area contributed by atoms with Crippen molar-refractivity contribution in [1.82, 2.24) is 30.1 Å². The van der Waals surface area contributed by atoms with E-state index in [0.717, 1.165) is 16.5 Å². The second-order valence-corrected chi connectivity index (χ2v) is 7.18. The van der Waals surface area contributed by atoms with Gasteiger partial charge in [-0.05, 0) is 30.3 Å². The van der Waals surface area contributed by atoms with Gasteiger partial charge < -0.3 is 16.0 Å². The first-order valence-corrected chi connectivity index (χ1v) is 9.93. The number of primary amides is 1. The van der Waals surface area contributed by atoms with Crippen molar-refractivity contribution in [2.45, 2.75) is 13.3 Å². The number of nitrogens with one attached hydrogen (secondary N) is 3. The van der Waals surface area contributed by atoms with Crippen LogP contribution in [0.1, 0.15) is 23.7 Å². The van der Waals surface area contributed by atoms with Gasteiger partial charge in [0, 0.05) is 29.9 Å². The number of nitrogens with zero attached hydrogens (tertiary/aromatic N) is 4. The highest BCUT2D eigenvalue weighted by molar-refractivity contribution is 6.05. The highest BCUT2D eigenvalue weighted by Crippen LogP contribution is 2.29. The van der Waals surface area contributed by atoms with E-state index < -0.39 is 5.91 Å². The van der Waals surface area contributed by atoms with E-state index in [1.165, 1.54) is 0 Å². The van der Waals surface area contributed by atoms with Crippen molar-refractivity contribution >= 4 is 39.7 Å². The summed E-state index contributed by atoms with van der Waals surface area (Å²) < 4.78 is 0.